The van der Waals surface area contributed by atoms with E-state index in [1.54, 1.807) is 0 Å². The summed E-state index contributed by atoms with van der Waals surface area (Å²) in [6.45, 7) is 7.20. The molecule has 0 spiro atoms. The number of fused-ring (bicyclic) bond motifs is 1. The number of carbonyl (C=O) groups is 1. The van der Waals surface area contributed by atoms with Gasteiger partial charge in [-0.25, -0.2) is 9.78 Å². The Morgan fingerprint density at radius 1 is 1.38 bits per heavy atom. The minimum absolute atomic E-state index is 0.190. The van der Waals surface area contributed by atoms with Crippen molar-refractivity contribution in [2.45, 2.75) is 39.5 Å². The molecule has 0 radical (unpaired) electrons. The molecule has 10 heteroatoms. The number of aliphatic carboxylic acids is 1. The third kappa shape index (κ3) is 5.51. The molecule has 1 aromatic carbocycles. The molecule has 1 atom stereocenters. The highest BCUT2D eigenvalue weighted by atomic mass is 35.5. The second kappa shape index (κ2) is 8.87. The molecule has 1 unspecified atom stereocenters. The topological polar surface area (TPSA) is 82.9 Å². The number of H-pyrrole nitrogens is 1. The number of carboxylic acids is 1. The molecule has 0 saturated carbocycles. The van der Waals surface area contributed by atoms with Crippen LogP contribution in [0.25, 0.3) is 10.9 Å². The molecule has 0 aliphatic heterocycles. The minimum atomic E-state index is -5.08. The molecule has 0 bridgehead atoms. The van der Waals surface area contributed by atoms with Crippen LogP contribution in [0.4, 0.5) is 13.2 Å². The van der Waals surface area contributed by atoms with Crippen LogP contribution in [0.15, 0.2) is 24.4 Å². The van der Waals surface area contributed by atoms with Crippen molar-refractivity contribution in [1.82, 2.24) is 19.9 Å². The van der Waals surface area contributed by atoms with Crippen molar-refractivity contribution in [3.05, 3.63) is 52.2 Å². The molecular weight excluding hydrogens is 409 g/mol. The number of aromatic amines is 1. The van der Waals surface area contributed by atoms with Crippen molar-refractivity contribution < 1.29 is 23.1 Å². The monoisotopic (exact) mass is 430 g/mol. The van der Waals surface area contributed by atoms with Crippen LogP contribution in [-0.2, 0) is 18.4 Å². The largest absolute Gasteiger partial charge is 0.490 e. The first-order valence-corrected chi connectivity index (χ1v) is 9.08. The summed E-state index contributed by atoms with van der Waals surface area (Å²) in [7, 11) is 1.93. The Bertz CT molecular complexity index is 1010. The number of aromatic nitrogens is 3. The highest BCUT2D eigenvalue weighted by Crippen LogP contribution is 2.23. The summed E-state index contributed by atoms with van der Waals surface area (Å²) in [5.74, 6) is -2.76. The van der Waals surface area contributed by atoms with Gasteiger partial charge < -0.3 is 20.0 Å². The van der Waals surface area contributed by atoms with Gasteiger partial charge in [0.1, 0.15) is 0 Å². The predicted octanol–water partition coefficient (Wildman–Crippen LogP) is 4.66. The molecule has 29 heavy (non-hydrogen) atoms. The van der Waals surface area contributed by atoms with E-state index in [0.29, 0.717) is 5.28 Å². The predicted molar refractivity (Wildman–Crippen MR) is 105 cm³/mol. The first-order chi connectivity index (χ1) is 13.4. The molecule has 2 heterocycles. The number of carboxylic acid groups (broad SMARTS) is 1. The van der Waals surface area contributed by atoms with Gasteiger partial charge in [0, 0.05) is 36.2 Å². The summed E-state index contributed by atoms with van der Waals surface area (Å²) < 4.78 is 33.6. The Labute approximate surface area is 170 Å². The fraction of sp³-hybridized carbons (Fsp3) is 0.368. The maximum Gasteiger partial charge on any atom is 0.490 e. The van der Waals surface area contributed by atoms with Crippen molar-refractivity contribution in [2.24, 2.45) is 7.05 Å². The zero-order valence-corrected chi connectivity index (χ0v) is 17.1. The molecule has 3 aromatic rings. The van der Waals surface area contributed by atoms with Gasteiger partial charge in [0.2, 0.25) is 5.28 Å². The Morgan fingerprint density at radius 2 is 2.00 bits per heavy atom. The van der Waals surface area contributed by atoms with E-state index in [2.05, 4.69) is 54.3 Å². The fourth-order valence-electron chi connectivity index (χ4n) is 2.80. The molecule has 0 saturated heterocycles. The average molecular weight is 431 g/mol. The molecular formula is C19H22ClF3N4O2. The van der Waals surface area contributed by atoms with E-state index in [0.717, 1.165) is 12.2 Å². The van der Waals surface area contributed by atoms with Gasteiger partial charge in [0.05, 0.1) is 11.9 Å². The van der Waals surface area contributed by atoms with Gasteiger partial charge in [-0.05, 0) is 55.6 Å². The van der Waals surface area contributed by atoms with Gasteiger partial charge >= 0.3 is 12.1 Å². The van der Waals surface area contributed by atoms with Crippen LogP contribution in [0, 0.1) is 13.8 Å². The Kier molecular flexibility index (Phi) is 6.97. The maximum absolute atomic E-state index is 10.6. The lowest BCUT2D eigenvalue weighted by Crippen LogP contribution is -2.21. The van der Waals surface area contributed by atoms with E-state index in [-0.39, 0.29) is 6.04 Å². The lowest BCUT2D eigenvalue weighted by Gasteiger charge is -2.14. The van der Waals surface area contributed by atoms with Crippen molar-refractivity contribution >= 4 is 28.5 Å². The summed E-state index contributed by atoms with van der Waals surface area (Å²) in [5, 5.41) is 12.5. The SMILES string of the molecule is Cc1[nH]c2ccc(CNC(C)c3cnc(Cl)n3C)cc2c1C.O=C(O)C(F)(F)F. The molecule has 0 aliphatic carbocycles. The fourth-order valence-corrected chi connectivity index (χ4v) is 2.94. The summed E-state index contributed by atoms with van der Waals surface area (Å²) in [4.78, 5) is 16.4. The quantitative estimate of drug-likeness (QED) is 0.562. The Hall–Kier alpha value is -2.52. The normalized spacial score (nSPS) is 12.6. The number of imidazole rings is 1. The van der Waals surface area contributed by atoms with Gasteiger partial charge in [-0.3, -0.25) is 0 Å². The first-order valence-electron chi connectivity index (χ1n) is 8.70. The second-order valence-corrected chi connectivity index (χ2v) is 7.01. The number of nitrogens with one attached hydrogen (secondary N) is 2. The van der Waals surface area contributed by atoms with Gasteiger partial charge in [-0.1, -0.05) is 6.07 Å². The van der Waals surface area contributed by atoms with Crippen molar-refractivity contribution in [3.8, 4) is 0 Å². The number of benzene rings is 1. The van der Waals surface area contributed by atoms with Crippen LogP contribution in [-0.4, -0.2) is 31.8 Å². The molecule has 2 aromatic heterocycles. The summed E-state index contributed by atoms with van der Waals surface area (Å²) >= 11 is 6.00. The van der Waals surface area contributed by atoms with E-state index in [1.807, 2.05) is 17.8 Å². The van der Waals surface area contributed by atoms with E-state index >= 15 is 0 Å². The van der Waals surface area contributed by atoms with Crippen LogP contribution < -0.4 is 5.32 Å². The van der Waals surface area contributed by atoms with Crippen LogP contribution in [0.5, 0.6) is 0 Å². The van der Waals surface area contributed by atoms with Gasteiger partial charge in [0.25, 0.3) is 0 Å². The van der Waals surface area contributed by atoms with Gasteiger partial charge in [-0.2, -0.15) is 13.2 Å². The number of rotatable bonds is 4. The number of nitrogens with zero attached hydrogens (tertiary/aromatic N) is 2. The summed E-state index contributed by atoms with van der Waals surface area (Å²) in [6.07, 6.45) is -3.26. The Balaban J connectivity index is 0.000000370. The highest BCUT2D eigenvalue weighted by Gasteiger charge is 2.38. The molecule has 3 N–H and O–H groups in total. The van der Waals surface area contributed by atoms with E-state index in [1.165, 1.54) is 27.7 Å². The van der Waals surface area contributed by atoms with Gasteiger partial charge in [-0.15, -0.1) is 0 Å². The smallest absolute Gasteiger partial charge is 0.475 e. The van der Waals surface area contributed by atoms with Crippen LogP contribution in [0.3, 0.4) is 0 Å². The number of hydrogen-bond donors (Lipinski definition) is 3. The number of hydrogen-bond acceptors (Lipinski definition) is 3. The third-order valence-electron chi connectivity index (χ3n) is 4.64. The average Bonchev–Trinajstić information content (AvgIpc) is 3.12. The Morgan fingerprint density at radius 3 is 2.52 bits per heavy atom. The minimum Gasteiger partial charge on any atom is -0.475 e. The number of aryl methyl sites for hydroxylation is 2. The van der Waals surface area contributed by atoms with Crippen molar-refractivity contribution in [2.75, 3.05) is 0 Å². The molecule has 0 aliphatic rings. The summed E-state index contributed by atoms with van der Waals surface area (Å²) in [6, 6.07) is 6.75. The second-order valence-electron chi connectivity index (χ2n) is 6.67. The summed E-state index contributed by atoms with van der Waals surface area (Å²) in [5.41, 5.74) is 6.11. The molecule has 0 fully saturated rings. The molecule has 6 nitrogen and oxygen atoms in total. The van der Waals surface area contributed by atoms with E-state index in [4.69, 9.17) is 21.5 Å². The standard InChI is InChI=1S/C17H21ClN4.C2HF3O2/c1-10-11(2)21-15-6-5-13(7-14(10)15)8-19-12(3)16-9-20-17(18)22(16)4;3-2(4,5)1(6)7/h5-7,9,12,19,21H,8H2,1-4H3;(H,6,7). The first kappa shape index (κ1) is 22.8. The van der Waals surface area contributed by atoms with E-state index < -0.39 is 12.1 Å². The van der Waals surface area contributed by atoms with Gasteiger partial charge in [0.15, 0.2) is 0 Å². The third-order valence-corrected chi connectivity index (χ3v) is 4.99. The zero-order chi connectivity index (χ0) is 21.9. The lowest BCUT2D eigenvalue weighted by atomic mass is 10.1. The molecule has 3 rings (SSSR count). The maximum atomic E-state index is 10.6. The van der Waals surface area contributed by atoms with Crippen molar-refractivity contribution in [3.63, 3.8) is 0 Å². The number of alkyl halides is 3. The lowest BCUT2D eigenvalue weighted by molar-refractivity contribution is -0.192. The van der Waals surface area contributed by atoms with E-state index in [9.17, 15) is 13.2 Å². The van der Waals surface area contributed by atoms with Crippen molar-refractivity contribution in [1.29, 1.82) is 0 Å². The molecule has 0 amide bonds. The van der Waals surface area contributed by atoms with Crippen LogP contribution in [0.1, 0.15) is 35.5 Å². The highest BCUT2D eigenvalue weighted by molar-refractivity contribution is 6.28. The number of halogens is 4. The van der Waals surface area contributed by atoms with Crippen LogP contribution >= 0.6 is 11.6 Å². The molecule has 158 valence electrons. The zero-order valence-electron chi connectivity index (χ0n) is 16.4. The van der Waals surface area contributed by atoms with Crippen LogP contribution in [0.2, 0.25) is 5.28 Å².